The third-order valence-corrected chi connectivity index (χ3v) is 3.16. The first-order valence-corrected chi connectivity index (χ1v) is 5.70. The molecule has 2 N–H and O–H groups in total. The van der Waals surface area contributed by atoms with Crippen molar-refractivity contribution in [1.29, 1.82) is 0 Å². The second kappa shape index (κ2) is 4.36. The molecule has 8 heteroatoms. The summed E-state index contributed by atoms with van der Waals surface area (Å²) < 4.78 is 2.36. The van der Waals surface area contributed by atoms with Crippen molar-refractivity contribution in [2.45, 2.75) is 18.5 Å². The third kappa shape index (κ3) is 2.26. The minimum absolute atomic E-state index is 0.139. The number of nitrogens with zero attached hydrogens (tertiary/aromatic N) is 3. The number of amides is 1. The first-order chi connectivity index (χ1) is 7.99. The number of carboxylic acids is 1. The van der Waals surface area contributed by atoms with Crippen molar-refractivity contribution in [3.63, 3.8) is 0 Å². The number of hydrogen-bond donors (Lipinski definition) is 2. The van der Waals surface area contributed by atoms with Crippen molar-refractivity contribution >= 4 is 28.0 Å². The Balaban J connectivity index is 2.19. The van der Waals surface area contributed by atoms with Crippen LogP contribution in [0.4, 0.5) is 4.79 Å². The van der Waals surface area contributed by atoms with Crippen LogP contribution in [0, 0.1) is 0 Å². The molecule has 1 saturated heterocycles. The van der Waals surface area contributed by atoms with Gasteiger partial charge in [-0.25, -0.2) is 9.59 Å². The highest BCUT2D eigenvalue weighted by molar-refractivity contribution is 9.10. The van der Waals surface area contributed by atoms with Gasteiger partial charge in [0.1, 0.15) is 6.04 Å². The van der Waals surface area contributed by atoms with Gasteiger partial charge in [-0.05, 0) is 15.9 Å². The quantitative estimate of drug-likeness (QED) is 0.850. The van der Waals surface area contributed by atoms with Crippen LogP contribution in [-0.4, -0.2) is 49.5 Å². The van der Waals surface area contributed by atoms with E-state index in [1.807, 2.05) is 0 Å². The number of rotatable bonds is 2. The summed E-state index contributed by atoms with van der Waals surface area (Å²) in [5.41, 5.74) is 0. The average Bonchev–Trinajstić information content (AvgIpc) is 2.82. The van der Waals surface area contributed by atoms with Gasteiger partial charge in [-0.3, -0.25) is 9.58 Å². The van der Waals surface area contributed by atoms with Crippen molar-refractivity contribution in [3.8, 4) is 0 Å². The minimum Gasteiger partial charge on any atom is -0.480 e. The Bertz CT molecular complexity index is 439. The van der Waals surface area contributed by atoms with Crippen LogP contribution >= 0.6 is 15.9 Å². The van der Waals surface area contributed by atoms with Gasteiger partial charge < -0.3 is 10.2 Å². The molecule has 2 unspecified atom stereocenters. The molecule has 1 aliphatic rings. The Morgan fingerprint density at radius 3 is 2.59 bits per heavy atom. The Morgan fingerprint density at radius 1 is 1.47 bits per heavy atom. The van der Waals surface area contributed by atoms with Gasteiger partial charge in [0, 0.05) is 19.2 Å². The van der Waals surface area contributed by atoms with Crippen LogP contribution in [0.3, 0.4) is 0 Å². The molecule has 1 aromatic rings. The molecule has 7 nitrogen and oxygen atoms in total. The van der Waals surface area contributed by atoms with Gasteiger partial charge in [-0.2, -0.15) is 5.10 Å². The second-order valence-corrected chi connectivity index (χ2v) is 4.73. The summed E-state index contributed by atoms with van der Waals surface area (Å²) >= 11 is 3.24. The first-order valence-electron chi connectivity index (χ1n) is 4.91. The van der Waals surface area contributed by atoms with E-state index in [1.165, 1.54) is 0 Å². The SMILES string of the molecule is O=C(O)C1CC(n2cc(Br)cn2)CN1C(=O)O. The van der Waals surface area contributed by atoms with E-state index < -0.39 is 18.1 Å². The molecule has 0 radical (unpaired) electrons. The Kier molecular flexibility index (Phi) is 3.05. The second-order valence-electron chi connectivity index (χ2n) is 3.82. The number of carbonyl (C=O) groups is 2. The van der Waals surface area contributed by atoms with Gasteiger partial charge in [0.2, 0.25) is 0 Å². The number of carboxylic acid groups (broad SMARTS) is 2. The average molecular weight is 304 g/mol. The number of hydrogen-bond acceptors (Lipinski definition) is 3. The molecule has 17 heavy (non-hydrogen) atoms. The van der Waals surface area contributed by atoms with E-state index in [9.17, 15) is 9.59 Å². The van der Waals surface area contributed by atoms with E-state index in [2.05, 4.69) is 21.0 Å². The lowest BCUT2D eigenvalue weighted by molar-refractivity contribution is -0.141. The summed E-state index contributed by atoms with van der Waals surface area (Å²) in [6.07, 6.45) is 2.30. The zero-order chi connectivity index (χ0) is 12.6. The summed E-state index contributed by atoms with van der Waals surface area (Å²) in [5, 5.41) is 21.9. The van der Waals surface area contributed by atoms with Crippen molar-refractivity contribution in [2.24, 2.45) is 0 Å². The van der Waals surface area contributed by atoms with Crippen LogP contribution in [0.25, 0.3) is 0 Å². The van der Waals surface area contributed by atoms with E-state index in [1.54, 1.807) is 17.1 Å². The molecule has 1 aromatic heterocycles. The molecule has 0 saturated carbocycles. The maximum Gasteiger partial charge on any atom is 0.408 e. The molecule has 2 atom stereocenters. The summed E-state index contributed by atoms with van der Waals surface area (Å²) in [5.74, 6) is -1.12. The molecule has 1 amide bonds. The number of likely N-dealkylation sites (tertiary alicyclic amines) is 1. The molecule has 1 aliphatic heterocycles. The van der Waals surface area contributed by atoms with Gasteiger partial charge in [0.05, 0.1) is 16.7 Å². The predicted octanol–water partition coefficient (Wildman–Crippen LogP) is 1.02. The van der Waals surface area contributed by atoms with Gasteiger partial charge in [-0.1, -0.05) is 0 Å². The fourth-order valence-electron chi connectivity index (χ4n) is 1.97. The Morgan fingerprint density at radius 2 is 2.18 bits per heavy atom. The molecule has 2 rings (SSSR count). The van der Waals surface area contributed by atoms with Crippen molar-refractivity contribution in [3.05, 3.63) is 16.9 Å². The summed E-state index contributed by atoms with van der Waals surface area (Å²) in [6, 6.07) is -1.24. The summed E-state index contributed by atoms with van der Waals surface area (Å²) in [6.45, 7) is 0.139. The molecular weight excluding hydrogens is 294 g/mol. The molecule has 92 valence electrons. The fraction of sp³-hybridized carbons (Fsp3) is 0.444. The molecule has 0 spiro atoms. The van der Waals surface area contributed by atoms with E-state index in [0.717, 1.165) is 9.37 Å². The monoisotopic (exact) mass is 303 g/mol. The molecule has 0 aromatic carbocycles. The maximum absolute atomic E-state index is 11.0. The predicted molar refractivity (Wildman–Crippen MR) is 59.7 cm³/mol. The largest absolute Gasteiger partial charge is 0.480 e. The molecule has 0 aliphatic carbocycles. The molecule has 2 heterocycles. The first kappa shape index (κ1) is 11.9. The lowest BCUT2D eigenvalue weighted by atomic mass is 10.2. The van der Waals surface area contributed by atoms with Crippen LogP contribution in [-0.2, 0) is 4.79 Å². The summed E-state index contributed by atoms with van der Waals surface area (Å²) in [7, 11) is 0. The fourth-order valence-corrected chi connectivity index (χ4v) is 2.27. The van der Waals surface area contributed by atoms with Gasteiger partial charge in [-0.15, -0.1) is 0 Å². The maximum atomic E-state index is 11.0. The highest BCUT2D eigenvalue weighted by Gasteiger charge is 2.40. The van der Waals surface area contributed by atoms with Gasteiger partial charge in [0.15, 0.2) is 0 Å². The summed E-state index contributed by atoms with van der Waals surface area (Å²) in [4.78, 5) is 22.8. The van der Waals surface area contributed by atoms with E-state index in [4.69, 9.17) is 10.2 Å². The Hall–Kier alpha value is -1.57. The smallest absolute Gasteiger partial charge is 0.408 e. The van der Waals surface area contributed by atoms with Crippen molar-refractivity contribution in [2.75, 3.05) is 6.54 Å². The zero-order valence-electron chi connectivity index (χ0n) is 8.65. The van der Waals surface area contributed by atoms with Gasteiger partial charge in [0.25, 0.3) is 0 Å². The highest BCUT2D eigenvalue weighted by atomic mass is 79.9. The van der Waals surface area contributed by atoms with Crippen LogP contribution in [0.15, 0.2) is 16.9 Å². The standard InChI is InChI=1S/C9H10BrN3O4/c10-5-2-11-13(3-5)6-1-7(8(14)15)12(4-6)9(16)17/h2-3,6-7H,1,4H2,(H,14,15)(H,16,17). The lowest BCUT2D eigenvalue weighted by Crippen LogP contribution is -2.39. The molecule has 1 fully saturated rings. The minimum atomic E-state index is -1.22. The number of halogens is 1. The Labute approximate surface area is 105 Å². The van der Waals surface area contributed by atoms with Crippen molar-refractivity contribution in [1.82, 2.24) is 14.7 Å². The van der Waals surface area contributed by atoms with Crippen molar-refractivity contribution < 1.29 is 19.8 Å². The highest BCUT2D eigenvalue weighted by Crippen LogP contribution is 2.27. The van der Waals surface area contributed by atoms with Crippen LogP contribution in [0.1, 0.15) is 12.5 Å². The molecular formula is C9H10BrN3O4. The van der Waals surface area contributed by atoms with E-state index in [-0.39, 0.29) is 19.0 Å². The zero-order valence-corrected chi connectivity index (χ0v) is 10.2. The number of aliphatic carboxylic acids is 1. The van der Waals surface area contributed by atoms with Crippen LogP contribution < -0.4 is 0 Å². The number of aromatic nitrogens is 2. The molecule has 0 bridgehead atoms. The normalized spacial score (nSPS) is 23.9. The topological polar surface area (TPSA) is 95.7 Å². The van der Waals surface area contributed by atoms with E-state index in [0.29, 0.717) is 0 Å². The van der Waals surface area contributed by atoms with Gasteiger partial charge >= 0.3 is 12.1 Å². The van der Waals surface area contributed by atoms with E-state index >= 15 is 0 Å². The third-order valence-electron chi connectivity index (χ3n) is 2.75. The van der Waals surface area contributed by atoms with Crippen LogP contribution in [0.2, 0.25) is 0 Å². The lowest BCUT2D eigenvalue weighted by Gasteiger charge is -2.16. The van der Waals surface area contributed by atoms with Crippen LogP contribution in [0.5, 0.6) is 0 Å².